The highest BCUT2D eigenvalue weighted by Crippen LogP contribution is 2.14. The number of rotatable bonds is 4. The van der Waals surface area contributed by atoms with Crippen LogP contribution in [0.4, 0.5) is 5.69 Å². The van der Waals surface area contributed by atoms with Crippen LogP contribution in [-0.4, -0.2) is 5.91 Å². The molecular formula is C15H13BrClNO. The molecule has 0 radical (unpaired) electrons. The molecule has 0 fully saturated rings. The summed E-state index contributed by atoms with van der Waals surface area (Å²) in [4.78, 5) is 11.9. The highest BCUT2D eigenvalue weighted by Gasteiger charge is 2.04. The zero-order valence-corrected chi connectivity index (χ0v) is 12.5. The molecule has 0 saturated carbocycles. The van der Waals surface area contributed by atoms with Crippen LogP contribution in [-0.2, 0) is 17.1 Å². The van der Waals surface area contributed by atoms with Crippen LogP contribution in [0.3, 0.4) is 0 Å². The Labute approximate surface area is 125 Å². The Morgan fingerprint density at radius 2 is 1.84 bits per heavy atom. The van der Waals surface area contributed by atoms with Crippen LogP contribution in [0.15, 0.2) is 53.0 Å². The van der Waals surface area contributed by atoms with Gasteiger partial charge < -0.3 is 5.32 Å². The number of hydrogen-bond acceptors (Lipinski definition) is 1. The number of hydrogen-bond donors (Lipinski definition) is 1. The summed E-state index contributed by atoms with van der Waals surface area (Å²) >= 11 is 9.11. The van der Waals surface area contributed by atoms with Crippen LogP contribution >= 0.6 is 27.5 Å². The van der Waals surface area contributed by atoms with E-state index in [0.717, 1.165) is 21.3 Å². The van der Waals surface area contributed by atoms with E-state index in [-0.39, 0.29) is 5.91 Å². The topological polar surface area (TPSA) is 29.1 Å². The molecule has 0 aliphatic heterocycles. The summed E-state index contributed by atoms with van der Waals surface area (Å²) in [6.45, 7) is 0. The highest BCUT2D eigenvalue weighted by molar-refractivity contribution is 9.10. The maximum atomic E-state index is 11.9. The first-order valence-corrected chi connectivity index (χ1v) is 7.19. The quantitative estimate of drug-likeness (QED) is 0.824. The van der Waals surface area contributed by atoms with Crippen LogP contribution in [0, 0.1) is 0 Å². The predicted molar refractivity (Wildman–Crippen MR) is 82.5 cm³/mol. The maximum absolute atomic E-state index is 11.9. The van der Waals surface area contributed by atoms with E-state index in [2.05, 4.69) is 21.2 Å². The minimum atomic E-state index is -0.0308. The Kier molecular flexibility index (Phi) is 5.00. The van der Waals surface area contributed by atoms with E-state index >= 15 is 0 Å². The fraction of sp³-hybridized carbons (Fsp3) is 0.133. The molecule has 2 rings (SSSR count). The summed E-state index contributed by atoms with van der Waals surface area (Å²) in [5.74, 6) is 0.448. The molecule has 0 atom stereocenters. The van der Waals surface area contributed by atoms with Gasteiger partial charge in [-0.2, -0.15) is 0 Å². The lowest BCUT2D eigenvalue weighted by atomic mass is 10.1. The first-order chi connectivity index (χ1) is 9.17. The maximum Gasteiger partial charge on any atom is 0.228 e. The number of carbonyl (C=O) groups is 1. The van der Waals surface area contributed by atoms with Crippen molar-refractivity contribution in [3.63, 3.8) is 0 Å². The fourth-order valence-electron chi connectivity index (χ4n) is 1.71. The van der Waals surface area contributed by atoms with E-state index in [4.69, 9.17) is 11.6 Å². The third kappa shape index (κ3) is 4.37. The molecule has 4 heteroatoms. The molecule has 0 heterocycles. The van der Waals surface area contributed by atoms with E-state index in [9.17, 15) is 4.79 Å². The average Bonchev–Trinajstić information content (AvgIpc) is 2.39. The smallest absolute Gasteiger partial charge is 0.228 e. The van der Waals surface area contributed by atoms with Crippen LogP contribution in [0.25, 0.3) is 0 Å². The van der Waals surface area contributed by atoms with Crippen LogP contribution in [0.2, 0.25) is 0 Å². The first kappa shape index (κ1) is 14.1. The molecule has 2 nitrogen and oxygen atoms in total. The summed E-state index contributed by atoms with van der Waals surface area (Å²) in [6.07, 6.45) is 0.358. The summed E-state index contributed by atoms with van der Waals surface area (Å²) in [5, 5.41) is 2.86. The van der Waals surface area contributed by atoms with Gasteiger partial charge in [-0.25, -0.2) is 0 Å². The molecule has 2 aromatic carbocycles. The Morgan fingerprint density at radius 1 is 1.11 bits per heavy atom. The Hall–Kier alpha value is -1.32. The van der Waals surface area contributed by atoms with Gasteiger partial charge in [0.15, 0.2) is 0 Å². The van der Waals surface area contributed by atoms with Crippen molar-refractivity contribution in [1.82, 2.24) is 0 Å². The van der Waals surface area contributed by atoms with Gasteiger partial charge in [0.1, 0.15) is 0 Å². The Balaban J connectivity index is 1.97. The first-order valence-electron chi connectivity index (χ1n) is 5.86. The summed E-state index contributed by atoms with van der Waals surface area (Å²) in [6, 6.07) is 15.3. The molecule has 0 unspecified atom stereocenters. The van der Waals surface area contributed by atoms with Crippen molar-refractivity contribution in [3.8, 4) is 0 Å². The molecule has 1 amide bonds. The molecule has 0 bridgehead atoms. The number of alkyl halides is 1. The van der Waals surface area contributed by atoms with Crippen molar-refractivity contribution >= 4 is 39.1 Å². The molecule has 0 aliphatic carbocycles. The monoisotopic (exact) mass is 337 g/mol. The van der Waals surface area contributed by atoms with Gasteiger partial charge in [0.2, 0.25) is 5.91 Å². The standard InChI is InChI=1S/C15H13BrClNO/c16-13-3-1-2-12(8-13)9-15(19)18-14-6-4-11(10-17)5-7-14/h1-8H,9-10H2,(H,18,19). The molecular weight excluding hydrogens is 326 g/mol. The number of benzene rings is 2. The van der Waals surface area contributed by atoms with E-state index < -0.39 is 0 Å². The van der Waals surface area contributed by atoms with Gasteiger partial charge in [-0.1, -0.05) is 40.2 Å². The second-order valence-electron chi connectivity index (χ2n) is 4.19. The lowest BCUT2D eigenvalue weighted by Crippen LogP contribution is -2.14. The van der Waals surface area contributed by atoms with Gasteiger partial charge in [-0.3, -0.25) is 4.79 Å². The minimum Gasteiger partial charge on any atom is -0.326 e. The van der Waals surface area contributed by atoms with Crippen molar-refractivity contribution < 1.29 is 4.79 Å². The largest absolute Gasteiger partial charge is 0.326 e. The molecule has 1 N–H and O–H groups in total. The van der Waals surface area contributed by atoms with Gasteiger partial charge in [0.25, 0.3) is 0 Å². The second kappa shape index (κ2) is 6.73. The van der Waals surface area contributed by atoms with Crippen molar-refractivity contribution in [2.45, 2.75) is 12.3 Å². The zero-order valence-electron chi connectivity index (χ0n) is 10.2. The third-order valence-electron chi connectivity index (χ3n) is 2.65. The van der Waals surface area contributed by atoms with E-state index in [1.807, 2.05) is 48.5 Å². The van der Waals surface area contributed by atoms with Crippen LogP contribution < -0.4 is 5.32 Å². The Bertz CT molecular complexity index is 569. The lowest BCUT2D eigenvalue weighted by molar-refractivity contribution is -0.115. The van der Waals surface area contributed by atoms with Gasteiger partial charge in [0, 0.05) is 16.0 Å². The molecule has 19 heavy (non-hydrogen) atoms. The average molecular weight is 339 g/mol. The van der Waals surface area contributed by atoms with E-state index in [1.54, 1.807) is 0 Å². The number of carbonyl (C=O) groups excluding carboxylic acids is 1. The summed E-state index contributed by atoms with van der Waals surface area (Å²) in [7, 11) is 0. The SMILES string of the molecule is O=C(Cc1cccc(Br)c1)Nc1ccc(CCl)cc1. The predicted octanol–water partition coefficient (Wildman–Crippen LogP) is 4.37. The van der Waals surface area contributed by atoms with Crippen molar-refractivity contribution in [1.29, 1.82) is 0 Å². The summed E-state index contributed by atoms with van der Waals surface area (Å²) < 4.78 is 0.976. The second-order valence-corrected chi connectivity index (χ2v) is 5.37. The van der Waals surface area contributed by atoms with Crippen molar-refractivity contribution in [2.75, 3.05) is 5.32 Å². The number of nitrogens with one attached hydrogen (secondary N) is 1. The molecule has 0 spiro atoms. The molecule has 0 saturated heterocycles. The molecule has 0 aliphatic rings. The number of halogens is 2. The van der Waals surface area contributed by atoms with Crippen LogP contribution in [0.5, 0.6) is 0 Å². The van der Waals surface area contributed by atoms with Gasteiger partial charge in [0.05, 0.1) is 6.42 Å². The van der Waals surface area contributed by atoms with Crippen LogP contribution in [0.1, 0.15) is 11.1 Å². The number of anilines is 1. The normalized spacial score (nSPS) is 10.2. The number of amides is 1. The Morgan fingerprint density at radius 3 is 2.47 bits per heavy atom. The van der Waals surface area contributed by atoms with E-state index in [1.165, 1.54) is 0 Å². The minimum absolute atomic E-state index is 0.0308. The van der Waals surface area contributed by atoms with Crippen molar-refractivity contribution in [2.24, 2.45) is 0 Å². The summed E-state index contributed by atoms with van der Waals surface area (Å²) in [5.41, 5.74) is 2.80. The molecule has 98 valence electrons. The van der Waals surface area contributed by atoms with Gasteiger partial charge in [-0.15, -0.1) is 11.6 Å². The highest BCUT2D eigenvalue weighted by atomic mass is 79.9. The fourth-order valence-corrected chi connectivity index (χ4v) is 2.34. The van der Waals surface area contributed by atoms with Gasteiger partial charge >= 0.3 is 0 Å². The van der Waals surface area contributed by atoms with E-state index in [0.29, 0.717) is 12.3 Å². The third-order valence-corrected chi connectivity index (χ3v) is 3.45. The molecule has 2 aromatic rings. The lowest BCUT2D eigenvalue weighted by Gasteiger charge is -2.06. The molecule has 0 aromatic heterocycles. The van der Waals surface area contributed by atoms with Crippen molar-refractivity contribution in [3.05, 3.63) is 64.1 Å². The zero-order chi connectivity index (χ0) is 13.7. The van der Waals surface area contributed by atoms with Gasteiger partial charge in [-0.05, 0) is 35.4 Å².